The number of amides is 2. The number of carbonyl (C=O) groups is 2. The summed E-state index contributed by atoms with van der Waals surface area (Å²) in [6.07, 6.45) is 4.18. The number of ether oxygens (including phenoxy) is 2. The molecule has 2 aromatic rings. The summed E-state index contributed by atoms with van der Waals surface area (Å²) in [5, 5.41) is 7.62. The minimum absolute atomic E-state index is 0.0827. The quantitative estimate of drug-likeness (QED) is 0.417. The number of fused-ring (bicyclic) bond motifs is 1. The van der Waals surface area contributed by atoms with Crippen LogP contribution in [-0.4, -0.2) is 97.2 Å². The van der Waals surface area contributed by atoms with Crippen molar-refractivity contribution in [1.29, 1.82) is 5.26 Å². The molecule has 2 fully saturated rings. The number of piperazine rings is 1. The predicted octanol–water partition coefficient (Wildman–Crippen LogP) is 3.37. The van der Waals surface area contributed by atoms with Crippen LogP contribution in [0.25, 0.3) is 0 Å². The van der Waals surface area contributed by atoms with Crippen molar-refractivity contribution in [3.8, 4) is 17.8 Å². The smallest absolute Gasteiger partial charge is 0.318 e. The Labute approximate surface area is 258 Å². The number of carbonyl (C=O) groups excluding carboxylic acids is 2. The molecule has 2 amide bonds. The lowest BCUT2D eigenvalue weighted by Crippen LogP contribution is -2.49. The van der Waals surface area contributed by atoms with Gasteiger partial charge in [0.1, 0.15) is 24.0 Å². The maximum atomic E-state index is 13.8. The summed E-state index contributed by atoms with van der Waals surface area (Å²) in [6.45, 7) is 11.3. The molecule has 0 spiro atoms. The first-order valence-electron chi connectivity index (χ1n) is 15.2. The van der Waals surface area contributed by atoms with Crippen molar-refractivity contribution in [1.82, 2.24) is 19.8 Å². The van der Waals surface area contributed by atoms with E-state index in [0.717, 1.165) is 30.8 Å². The van der Waals surface area contributed by atoms with Gasteiger partial charge in [-0.2, -0.15) is 15.2 Å². The number of benzene rings is 1. The van der Waals surface area contributed by atoms with Gasteiger partial charge in [0.2, 0.25) is 5.91 Å². The third-order valence-corrected chi connectivity index (χ3v) is 8.24. The number of aromatic nitrogens is 2. The lowest BCUT2D eigenvalue weighted by atomic mass is 10.0. The van der Waals surface area contributed by atoms with Crippen LogP contribution < -0.4 is 19.3 Å². The molecule has 2 saturated heterocycles. The Kier molecular flexibility index (Phi) is 11.1. The van der Waals surface area contributed by atoms with E-state index >= 15 is 0 Å². The molecule has 0 unspecified atom stereocenters. The van der Waals surface area contributed by atoms with Gasteiger partial charge in [-0.3, -0.25) is 9.59 Å². The zero-order valence-electron chi connectivity index (χ0n) is 26.1. The second kappa shape index (κ2) is 15.0. The van der Waals surface area contributed by atoms with E-state index < -0.39 is 11.9 Å². The molecule has 3 aliphatic heterocycles. The maximum Gasteiger partial charge on any atom is 0.318 e. The van der Waals surface area contributed by atoms with Crippen LogP contribution >= 0.6 is 0 Å². The largest absolute Gasteiger partial charge is 0.478 e. The Bertz CT molecular complexity index is 1390. The highest BCUT2D eigenvalue weighted by molar-refractivity contribution is 5.99. The summed E-state index contributed by atoms with van der Waals surface area (Å²) in [5.41, 5.74) is 2.00. The average Bonchev–Trinajstić information content (AvgIpc) is 3.46. The van der Waals surface area contributed by atoms with Gasteiger partial charge in [0.15, 0.2) is 6.10 Å². The molecule has 2 atom stereocenters. The fourth-order valence-electron chi connectivity index (χ4n) is 5.68. The average molecular weight is 608 g/mol. The molecule has 1 aromatic carbocycles. The summed E-state index contributed by atoms with van der Waals surface area (Å²) in [5.74, 6) is 0.419. The molecule has 4 heterocycles. The first kappa shape index (κ1) is 32.7. The molecular formula is C32H42FN7O4. The highest BCUT2D eigenvalue weighted by atomic mass is 19.1. The third-order valence-electron chi connectivity index (χ3n) is 8.24. The monoisotopic (exact) mass is 607 g/mol. The summed E-state index contributed by atoms with van der Waals surface area (Å²) >= 11 is 0. The van der Waals surface area contributed by atoms with Gasteiger partial charge in [-0.25, -0.2) is 4.39 Å². The van der Waals surface area contributed by atoms with E-state index in [1.165, 1.54) is 23.1 Å². The van der Waals surface area contributed by atoms with Crippen LogP contribution in [0.15, 0.2) is 30.9 Å². The molecule has 0 radical (unpaired) electrons. The van der Waals surface area contributed by atoms with Crippen molar-refractivity contribution in [3.63, 3.8) is 0 Å². The number of likely N-dealkylation sites (N-methyl/N-ethyl adjacent to an activating group) is 2. The topological polar surface area (TPSA) is 115 Å². The number of anilines is 2. The summed E-state index contributed by atoms with van der Waals surface area (Å²) in [6, 6.07) is 6.66. The molecule has 0 N–H and O–H groups in total. The molecular weight excluding hydrogens is 565 g/mol. The Morgan fingerprint density at radius 3 is 2.55 bits per heavy atom. The van der Waals surface area contributed by atoms with E-state index in [1.54, 1.807) is 18.0 Å². The van der Waals surface area contributed by atoms with Crippen LogP contribution in [0.1, 0.15) is 44.4 Å². The third kappa shape index (κ3) is 7.45. The van der Waals surface area contributed by atoms with Crippen LogP contribution in [0.2, 0.25) is 0 Å². The SMILES string of the molecule is C=CC(=O)N1CCN(c2nc(OC[C@@H]3CCCN3C)nc(C[C@H]3Oc4ccc(F)cc4N(C)C3=O)c2CC)CC1.CCC#N. The summed E-state index contributed by atoms with van der Waals surface area (Å²) in [4.78, 5) is 42.7. The lowest BCUT2D eigenvalue weighted by molar-refractivity contribution is -0.126. The van der Waals surface area contributed by atoms with Crippen molar-refractivity contribution < 1.29 is 23.5 Å². The van der Waals surface area contributed by atoms with E-state index in [9.17, 15) is 14.0 Å². The second-order valence-electron chi connectivity index (χ2n) is 11.0. The molecule has 0 bridgehead atoms. The van der Waals surface area contributed by atoms with Crippen molar-refractivity contribution in [3.05, 3.63) is 47.9 Å². The molecule has 0 aliphatic carbocycles. The summed E-state index contributed by atoms with van der Waals surface area (Å²) in [7, 11) is 3.72. The van der Waals surface area contributed by atoms with E-state index in [1.807, 2.05) is 19.9 Å². The van der Waals surface area contributed by atoms with Gasteiger partial charge in [-0.15, -0.1) is 0 Å². The molecule has 236 valence electrons. The number of hydrogen-bond donors (Lipinski definition) is 0. The minimum Gasteiger partial charge on any atom is -0.478 e. The van der Waals surface area contributed by atoms with Crippen LogP contribution in [0.3, 0.4) is 0 Å². The number of nitrogens with zero attached hydrogens (tertiary/aromatic N) is 7. The predicted molar refractivity (Wildman–Crippen MR) is 165 cm³/mol. The van der Waals surface area contributed by atoms with E-state index in [4.69, 9.17) is 24.7 Å². The van der Waals surface area contributed by atoms with Crippen LogP contribution in [0.4, 0.5) is 15.9 Å². The molecule has 3 aliphatic rings. The normalized spacial score (nSPS) is 19.8. The lowest BCUT2D eigenvalue weighted by Gasteiger charge is -2.36. The summed E-state index contributed by atoms with van der Waals surface area (Å²) < 4.78 is 26.1. The second-order valence-corrected chi connectivity index (χ2v) is 11.0. The number of halogens is 1. The van der Waals surface area contributed by atoms with Crippen molar-refractivity contribution in [2.75, 3.05) is 63.2 Å². The van der Waals surface area contributed by atoms with Crippen LogP contribution in [0.5, 0.6) is 11.8 Å². The van der Waals surface area contributed by atoms with Crippen molar-refractivity contribution >= 4 is 23.3 Å². The van der Waals surface area contributed by atoms with Gasteiger partial charge in [-0.1, -0.05) is 20.4 Å². The molecule has 5 rings (SSSR count). The maximum absolute atomic E-state index is 13.8. The van der Waals surface area contributed by atoms with Gasteiger partial charge >= 0.3 is 6.01 Å². The van der Waals surface area contributed by atoms with Gasteiger partial charge < -0.3 is 29.1 Å². The van der Waals surface area contributed by atoms with Crippen molar-refractivity contribution in [2.24, 2.45) is 0 Å². The van der Waals surface area contributed by atoms with Gasteiger partial charge in [0.05, 0.1) is 17.5 Å². The standard InChI is InChI=1S/C29H37FN6O4.C3H5N/c1-5-21-22(17-25-28(38)34(4)23-16-19(30)9-10-24(23)40-25)31-29(39-18-20-8-7-11-33(20)3)32-27(21)36-14-12-35(13-15-36)26(37)6-2;1-2-3-4/h6,9-10,16,20,25H,2,5,7-8,11-15,17-18H2,1,3-4H3;2H2,1H3/t20-,25+;/m0./s1. The van der Waals surface area contributed by atoms with Gasteiger partial charge in [0, 0.05) is 63.7 Å². The highest BCUT2D eigenvalue weighted by Crippen LogP contribution is 2.35. The van der Waals surface area contributed by atoms with Crippen LogP contribution in [0, 0.1) is 17.1 Å². The van der Waals surface area contributed by atoms with Gasteiger partial charge in [-0.05, 0) is 51.1 Å². The Morgan fingerprint density at radius 2 is 1.93 bits per heavy atom. The Morgan fingerprint density at radius 1 is 1.20 bits per heavy atom. The minimum atomic E-state index is -0.827. The Hall–Kier alpha value is -4.24. The van der Waals surface area contributed by atoms with Crippen molar-refractivity contribution in [2.45, 2.75) is 58.1 Å². The van der Waals surface area contributed by atoms with E-state index in [0.29, 0.717) is 68.8 Å². The molecule has 0 saturated carbocycles. The first-order valence-corrected chi connectivity index (χ1v) is 15.2. The molecule has 11 nitrogen and oxygen atoms in total. The molecule has 44 heavy (non-hydrogen) atoms. The number of hydrogen-bond acceptors (Lipinski definition) is 9. The van der Waals surface area contributed by atoms with Crippen LogP contribution in [-0.2, 0) is 22.4 Å². The fourth-order valence-corrected chi connectivity index (χ4v) is 5.68. The molecule has 1 aromatic heterocycles. The van der Waals surface area contributed by atoms with E-state index in [2.05, 4.69) is 23.4 Å². The highest BCUT2D eigenvalue weighted by Gasteiger charge is 2.35. The molecule has 12 heteroatoms. The first-order chi connectivity index (χ1) is 21.2. The zero-order chi connectivity index (χ0) is 31.8. The number of rotatable bonds is 8. The zero-order valence-corrected chi connectivity index (χ0v) is 26.1. The van der Waals surface area contributed by atoms with E-state index in [-0.39, 0.29) is 24.2 Å². The van der Waals surface area contributed by atoms with Gasteiger partial charge in [0.25, 0.3) is 5.91 Å². The Balaban J connectivity index is 0.00000104. The fraction of sp³-hybridized carbons (Fsp3) is 0.531. The number of nitriles is 1. The number of likely N-dealkylation sites (tertiary alicyclic amines) is 1.